The minimum absolute atomic E-state index is 0.297. The van der Waals surface area contributed by atoms with E-state index in [1.165, 1.54) is 25.3 Å². The first-order valence-electron chi connectivity index (χ1n) is 8.86. The Morgan fingerprint density at radius 2 is 1.82 bits per heavy atom. The van der Waals surface area contributed by atoms with Gasteiger partial charge in [0.05, 0.1) is 23.4 Å². The number of benzene rings is 3. The summed E-state index contributed by atoms with van der Waals surface area (Å²) in [4.78, 5) is 24.5. The highest BCUT2D eigenvalue weighted by Crippen LogP contribution is 2.28. The van der Waals surface area contributed by atoms with E-state index in [0.717, 1.165) is 10.8 Å². The van der Waals surface area contributed by atoms with Crippen molar-refractivity contribution >= 4 is 39.9 Å². The van der Waals surface area contributed by atoms with Gasteiger partial charge in [0.1, 0.15) is 5.75 Å². The van der Waals surface area contributed by atoms with Crippen LogP contribution in [0.1, 0.15) is 23.7 Å². The fourth-order valence-corrected chi connectivity index (χ4v) is 3.02. The van der Waals surface area contributed by atoms with Crippen molar-refractivity contribution in [1.82, 2.24) is 0 Å². The number of amides is 1. The topological polar surface area (TPSA) is 64.6 Å². The Hall–Kier alpha value is -3.05. The second-order valence-electron chi connectivity index (χ2n) is 6.17. The second-order valence-corrected chi connectivity index (χ2v) is 6.57. The van der Waals surface area contributed by atoms with Crippen molar-refractivity contribution in [3.05, 3.63) is 71.2 Å². The molecule has 5 nitrogen and oxygen atoms in total. The summed E-state index contributed by atoms with van der Waals surface area (Å²) in [6.45, 7) is 1.86. The van der Waals surface area contributed by atoms with Crippen molar-refractivity contribution in [2.24, 2.45) is 0 Å². The van der Waals surface area contributed by atoms with Crippen LogP contribution >= 0.6 is 11.6 Å². The van der Waals surface area contributed by atoms with Gasteiger partial charge in [0.2, 0.25) is 0 Å². The molecular formula is C22H20ClNO4. The number of nitrogens with one attached hydrogen (secondary N) is 1. The van der Waals surface area contributed by atoms with Crippen LogP contribution in [0.2, 0.25) is 5.02 Å². The van der Waals surface area contributed by atoms with Crippen LogP contribution in [0.5, 0.6) is 5.75 Å². The highest BCUT2D eigenvalue weighted by molar-refractivity contribution is 6.34. The number of halogens is 1. The Morgan fingerprint density at radius 1 is 1.07 bits per heavy atom. The van der Waals surface area contributed by atoms with E-state index in [1.54, 1.807) is 0 Å². The number of fused-ring (bicyclic) bond motifs is 1. The molecule has 1 N–H and O–H groups in total. The third-order valence-corrected chi connectivity index (χ3v) is 4.66. The Morgan fingerprint density at radius 3 is 2.57 bits per heavy atom. The maximum absolute atomic E-state index is 12.8. The minimum atomic E-state index is -0.719. The van der Waals surface area contributed by atoms with Crippen LogP contribution < -0.4 is 10.1 Å². The largest absolute Gasteiger partial charge is 0.480 e. The van der Waals surface area contributed by atoms with E-state index in [2.05, 4.69) is 5.32 Å². The number of anilines is 1. The van der Waals surface area contributed by atoms with E-state index in [0.29, 0.717) is 28.4 Å². The summed E-state index contributed by atoms with van der Waals surface area (Å²) in [6.07, 6.45) is -0.257. The van der Waals surface area contributed by atoms with E-state index in [1.807, 2.05) is 49.4 Å². The van der Waals surface area contributed by atoms with Crippen molar-refractivity contribution in [3.63, 3.8) is 0 Å². The van der Waals surface area contributed by atoms with E-state index >= 15 is 0 Å². The predicted molar refractivity (Wildman–Crippen MR) is 110 cm³/mol. The average Bonchev–Trinajstić information content (AvgIpc) is 2.72. The third-order valence-electron chi connectivity index (χ3n) is 4.33. The van der Waals surface area contributed by atoms with Crippen molar-refractivity contribution in [2.45, 2.75) is 19.4 Å². The molecule has 0 heterocycles. The first-order valence-corrected chi connectivity index (χ1v) is 9.24. The number of methoxy groups -OCH3 is 1. The van der Waals surface area contributed by atoms with Gasteiger partial charge >= 0.3 is 5.97 Å². The summed E-state index contributed by atoms with van der Waals surface area (Å²) < 4.78 is 10.7. The summed E-state index contributed by atoms with van der Waals surface area (Å²) >= 11 is 6.17. The van der Waals surface area contributed by atoms with Crippen LogP contribution in [0.3, 0.4) is 0 Å². The molecule has 0 aliphatic carbocycles. The number of hydrogen-bond acceptors (Lipinski definition) is 4. The van der Waals surface area contributed by atoms with Crippen LogP contribution in [0.4, 0.5) is 5.69 Å². The summed E-state index contributed by atoms with van der Waals surface area (Å²) in [5, 5.41) is 5.03. The normalized spacial score (nSPS) is 11.7. The Kier molecular flexibility index (Phi) is 6.16. The van der Waals surface area contributed by atoms with Gasteiger partial charge in [-0.05, 0) is 36.1 Å². The lowest BCUT2D eigenvalue weighted by molar-refractivity contribution is -0.122. The molecule has 0 saturated heterocycles. The Bertz CT molecular complexity index is 1010. The summed E-state index contributed by atoms with van der Waals surface area (Å²) in [5.41, 5.74) is 0.625. The van der Waals surface area contributed by atoms with Crippen LogP contribution in [0.25, 0.3) is 10.8 Å². The van der Waals surface area contributed by atoms with E-state index in [-0.39, 0.29) is 5.91 Å². The molecular weight excluding hydrogens is 378 g/mol. The standard InChI is InChI=1S/C22H20ClNO4/c1-3-19(28-20-10-6-8-14-7-4-5-9-16(14)20)21(25)24-18-13-15(22(26)27-2)11-12-17(18)23/h4-13,19H,3H2,1-2H3,(H,24,25)/t19-/m1/s1. The highest BCUT2D eigenvalue weighted by Gasteiger charge is 2.21. The number of hydrogen-bond donors (Lipinski definition) is 1. The minimum Gasteiger partial charge on any atom is -0.480 e. The van der Waals surface area contributed by atoms with Gasteiger partial charge in [-0.15, -0.1) is 0 Å². The second kappa shape index (κ2) is 8.76. The van der Waals surface area contributed by atoms with Crippen molar-refractivity contribution < 1.29 is 19.1 Å². The lowest BCUT2D eigenvalue weighted by Gasteiger charge is -2.19. The van der Waals surface area contributed by atoms with E-state index < -0.39 is 12.1 Å². The maximum Gasteiger partial charge on any atom is 0.337 e. The molecule has 3 aromatic carbocycles. The van der Waals surface area contributed by atoms with Gasteiger partial charge in [0.25, 0.3) is 5.91 Å². The van der Waals surface area contributed by atoms with Gasteiger partial charge in [-0.25, -0.2) is 4.79 Å². The maximum atomic E-state index is 12.8. The first-order chi connectivity index (χ1) is 13.5. The van der Waals surface area contributed by atoms with Crippen molar-refractivity contribution in [1.29, 1.82) is 0 Å². The van der Waals surface area contributed by atoms with Crippen molar-refractivity contribution in [2.75, 3.05) is 12.4 Å². The first kappa shape index (κ1) is 19.7. The lowest BCUT2D eigenvalue weighted by Crippen LogP contribution is -2.32. The van der Waals surface area contributed by atoms with Crippen molar-refractivity contribution in [3.8, 4) is 5.75 Å². The molecule has 3 rings (SSSR count). The quantitative estimate of drug-likeness (QED) is 0.589. The molecule has 3 aromatic rings. The Labute approximate surface area is 168 Å². The van der Waals surface area contributed by atoms with E-state index in [4.69, 9.17) is 21.1 Å². The molecule has 0 aliphatic heterocycles. The number of rotatable bonds is 6. The number of carbonyl (C=O) groups is 2. The zero-order valence-corrected chi connectivity index (χ0v) is 16.3. The van der Waals surface area contributed by atoms with Gasteiger partial charge in [-0.3, -0.25) is 4.79 Å². The fourth-order valence-electron chi connectivity index (χ4n) is 2.85. The predicted octanol–water partition coefficient (Wildman–Crippen LogP) is 5.08. The number of carbonyl (C=O) groups excluding carboxylic acids is 2. The molecule has 1 atom stereocenters. The van der Waals surface area contributed by atoms with Gasteiger partial charge < -0.3 is 14.8 Å². The molecule has 0 aliphatic rings. The number of esters is 1. The van der Waals surface area contributed by atoms with Gasteiger partial charge in [0.15, 0.2) is 6.10 Å². The van der Waals surface area contributed by atoms with Crippen LogP contribution in [0.15, 0.2) is 60.7 Å². The number of ether oxygens (including phenoxy) is 2. The van der Waals surface area contributed by atoms with Gasteiger partial charge in [-0.2, -0.15) is 0 Å². The van der Waals surface area contributed by atoms with Gasteiger partial charge in [0, 0.05) is 5.39 Å². The molecule has 1 amide bonds. The van der Waals surface area contributed by atoms with Crippen LogP contribution in [-0.4, -0.2) is 25.1 Å². The highest BCUT2D eigenvalue weighted by atomic mass is 35.5. The van der Waals surface area contributed by atoms with E-state index in [9.17, 15) is 9.59 Å². The van der Waals surface area contributed by atoms with Crippen LogP contribution in [0, 0.1) is 0 Å². The molecule has 0 aromatic heterocycles. The summed E-state index contributed by atoms with van der Waals surface area (Å²) in [7, 11) is 1.29. The lowest BCUT2D eigenvalue weighted by atomic mass is 10.1. The molecule has 28 heavy (non-hydrogen) atoms. The molecule has 0 fully saturated rings. The average molecular weight is 398 g/mol. The SMILES string of the molecule is CC[C@@H](Oc1cccc2ccccc12)C(=O)Nc1cc(C(=O)OC)ccc1Cl. The molecule has 0 bridgehead atoms. The molecule has 0 unspecified atom stereocenters. The monoisotopic (exact) mass is 397 g/mol. The summed E-state index contributed by atoms with van der Waals surface area (Å²) in [6, 6.07) is 18.1. The molecule has 6 heteroatoms. The molecule has 0 saturated carbocycles. The van der Waals surface area contributed by atoms with Crippen LogP contribution in [-0.2, 0) is 9.53 Å². The Balaban J connectivity index is 1.82. The zero-order chi connectivity index (χ0) is 20.1. The molecule has 0 spiro atoms. The third kappa shape index (κ3) is 4.26. The molecule has 0 radical (unpaired) electrons. The fraction of sp³-hybridized carbons (Fsp3) is 0.182. The zero-order valence-electron chi connectivity index (χ0n) is 15.6. The summed E-state index contributed by atoms with van der Waals surface area (Å²) in [5.74, 6) is -0.222. The molecule has 144 valence electrons. The smallest absolute Gasteiger partial charge is 0.337 e. The van der Waals surface area contributed by atoms with Gasteiger partial charge in [-0.1, -0.05) is 54.9 Å².